The number of nitrogens with zero attached hydrogens (tertiary/aromatic N) is 1. The largest absolute Gasteiger partial charge is 0.326 e. The van der Waals surface area contributed by atoms with Crippen LogP contribution >= 0.6 is 0 Å². The molecule has 0 saturated carbocycles. The van der Waals surface area contributed by atoms with Crippen LogP contribution in [0.4, 0.5) is 0 Å². The highest BCUT2D eigenvalue weighted by Crippen LogP contribution is 2.29. The zero-order valence-corrected chi connectivity index (χ0v) is 10.3. The van der Waals surface area contributed by atoms with Gasteiger partial charge in [0, 0.05) is 19.1 Å². The fourth-order valence-electron chi connectivity index (χ4n) is 2.23. The van der Waals surface area contributed by atoms with Gasteiger partial charge >= 0.3 is 0 Å². The second kappa shape index (κ2) is 4.56. The molecule has 1 fully saturated rings. The van der Waals surface area contributed by atoms with Crippen molar-refractivity contribution < 1.29 is 0 Å². The van der Waals surface area contributed by atoms with E-state index in [1.165, 1.54) is 12.0 Å². The van der Waals surface area contributed by atoms with E-state index in [0.717, 1.165) is 19.6 Å². The maximum atomic E-state index is 6.21. The Morgan fingerprint density at radius 2 is 2.00 bits per heavy atom. The van der Waals surface area contributed by atoms with E-state index in [1.807, 2.05) is 0 Å². The van der Waals surface area contributed by atoms with Crippen LogP contribution < -0.4 is 5.73 Å². The second-order valence-corrected chi connectivity index (χ2v) is 5.57. The third kappa shape index (κ3) is 2.63. The molecular formula is C14H22N2. The first kappa shape index (κ1) is 11.6. The van der Waals surface area contributed by atoms with Gasteiger partial charge in [-0.1, -0.05) is 44.2 Å². The summed E-state index contributed by atoms with van der Waals surface area (Å²) in [6.07, 6.45) is 1.20. The number of likely N-dealkylation sites (tertiary alicyclic amines) is 1. The zero-order chi connectivity index (χ0) is 11.6. The van der Waals surface area contributed by atoms with Gasteiger partial charge in [0.2, 0.25) is 0 Å². The van der Waals surface area contributed by atoms with Crippen molar-refractivity contribution in [3.63, 3.8) is 0 Å². The Morgan fingerprint density at radius 1 is 1.31 bits per heavy atom. The molecule has 1 unspecified atom stereocenters. The monoisotopic (exact) mass is 218 g/mol. The molecule has 2 rings (SSSR count). The third-order valence-electron chi connectivity index (χ3n) is 3.78. The normalized spacial score (nSPS) is 25.6. The van der Waals surface area contributed by atoms with Gasteiger partial charge in [0.1, 0.15) is 0 Å². The number of hydrogen-bond acceptors (Lipinski definition) is 2. The molecule has 0 aliphatic carbocycles. The summed E-state index contributed by atoms with van der Waals surface area (Å²) in [7, 11) is 0. The number of benzene rings is 1. The van der Waals surface area contributed by atoms with Crippen LogP contribution in [0.2, 0.25) is 0 Å². The molecule has 2 heteroatoms. The molecule has 1 aliphatic rings. The van der Waals surface area contributed by atoms with E-state index >= 15 is 0 Å². The lowest BCUT2D eigenvalue weighted by Gasteiger charge is -2.42. The number of nitrogens with two attached hydrogens (primary N) is 1. The molecule has 2 N–H and O–H groups in total. The summed E-state index contributed by atoms with van der Waals surface area (Å²) >= 11 is 0. The Bertz CT molecular complexity index is 332. The van der Waals surface area contributed by atoms with Gasteiger partial charge in [0.05, 0.1) is 0 Å². The first-order valence-electron chi connectivity index (χ1n) is 6.10. The van der Waals surface area contributed by atoms with Gasteiger partial charge in [-0.2, -0.15) is 0 Å². The maximum absolute atomic E-state index is 6.21. The molecule has 88 valence electrons. The summed E-state index contributed by atoms with van der Waals surface area (Å²) in [5.74, 6) is 0. The van der Waals surface area contributed by atoms with E-state index in [2.05, 4.69) is 49.1 Å². The van der Waals surface area contributed by atoms with Gasteiger partial charge in [-0.05, 0) is 23.9 Å². The molecule has 1 saturated heterocycles. The molecular weight excluding hydrogens is 196 g/mol. The summed E-state index contributed by atoms with van der Waals surface area (Å²) in [5, 5.41) is 0. The van der Waals surface area contributed by atoms with E-state index in [-0.39, 0.29) is 0 Å². The smallest absolute Gasteiger partial charge is 0.0234 e. The molecule has 0 bridgehead atoms. The molecule has 2 nitrogen and oxygen atoms in total. The second-order valence-electron chi connectivity index (χ2n) is 5.57. The van der Waals surface area contributed by atoms with E-state index in [4.69, 9.17) is 5.73 Å². The molecule has 0 aromatic heterocycles. The first-order valence-corrected chi connectivity index (χ1v) is 6.10. The Morgan fingerprint density at radius 3 is 2.62 bits per heavy atom. The zero-order valence-electron chi connectivity index (χ0n) is 10.3. The summed E-state index contributed by atoms with van der Waals surface area (Å²) in [6.45, 7) is 7.76. The van der Waals surface area contributed by atoms with Crippen LogP contribution in [0.5, 0.6) is 0 Å². The fraction of sp³-hybridized carbons (Fsp3) is 0.571. The van der Waals surface area contributed by atoms with Crippen molar-refractivity contribution in [3.05, 3.63) is 35.9 Å². The predicted molar refractivity (Wildman–Crippen MR) is 68.1 cm³/mol. The van der Waals surface area contributed by atoms with Gasteiger partial charge < -0.3 is 5.73 Å². The van der Waals surface area contributed by atoms with Gasteiger partial charge in [-0.3, -0.25) is 4.90 Å². The standard InChI is InChI=1S/C14H22N2/c1-14(2)8-9-16(11-13(14)15)10-12-6-4-3-5-7-12/h3-7,13H,8-11,15H2,1-2H3. The van der Waals surface area contributed by atoms with E-state index in [9.17, 15) is 0 Å². The van der Waals surface area contributed by atoms with Crippen molar-refractivity contribution in [1.82, 2.24) is 4.90 Å². The van der Waals surface area contributed by atoms with Crippen molar-refractivity contribution in [2.24, 2.45) is 11.1 Å². The molecule has 1 aliphatic heterocycles. The summed E-state index contributed by atoms with van der Waals surface area (Å²) < 4.78 is 0. The number of piperidine rings is 1. The summed E-state index contributed by atoms with van der Waals surface area (Å²) in [6, 6.07) is 10.9. The number of rotatable bonds is 2. The molecule has 0 radical (unpaired) electrons. The van der Waals surface area contributed by atoms with Crippen molar-refractivity contribution in [1.29, 1.82) is 0 Å². The molecule has 16 heavy (non-hydrogen) atoms. The van der Waals surface area contributed by atoms with E-state index < -0.39 is 0 Å². The van der Waals surface area contributed by atoms with Gasteiger partial charge in [0.15, 0.2) is 0 Å². The highest BCUT2D eigenvalue weighted by molar-refractivity contribution is 5.14. The summed E-state index contributed by atoms with van der Waals surface area (Å²) in [5.41, 5.74) is 7.90. The Balaban J connectivity index is 1.94. The minimum atomic E-state index is 0.296. The van der Waals surface area contributed by atoms with Crippen LogP contribution in [0.25, 0.3) is 0 Å². The van der Waals surface area contributed by atoms with Crippen LogP contribution in [0.15, 0.2) is 30.3 Å². The fourth-order valence-corrected chi connectivity index (χ4v) is 2.23. The topological polar surface area (TPSA) is 29.3 Å². The molecule has 0 spiro atoms. The molecule has 0 amide bonds. The van der Waals surface area contributed by atoms with Crippen molar-refractivity contribution in [2.75, 3.05) is 13.1 Å². The van der Waals surface area contributed by atoms with Crippen LogP contribution in [0, 0.1) is 5.41 Å². The van der Waals surface area contributed by atoms with Crippen LogP contribution in [-0.2, 0) is 6.54 Å². The SMILES string of the molecule is CC1(C)CCN(Cc2ccccc2)CC1N. The highest BCUT2D eigenvalue weighted by atomic mass is 15.1. The average molecular weight is 218 g/mol. The van der Waals surface area contributed by atoms with Crippen LogP contribution in [0.1, 0.15) is 25.8 Å². The molecule has 1 aromatic carbocycles. The highest BCUT2D eigenvalue weighted by Gasteiger charge is 2.32. The van der Waals surface area contributed by atoms with E-state index in [0.29, 0.717) is 11.5 Å². The third-order valence-corrected chi connectivity index (χ3v) is 3.78. The van der Waals surface area contributed by atoms with Crippen molar-refractivity contribution >= 4 is 0 Å². The Labute approximate surface area is 98.4 Å². The lowest BCUT2D eigenvalue weighted by atomic mass is 9.78. The maximum Gasteiger partial charge on any atom is 0.0234 e. The first-order chi connectivity index (χ1) is 7.58. The van der Waals surface area contributed by atoms with Crippen LogP contribution in [0.3, 0.4) is 0 Å². The van der Waals surface area contributed by atoms with Crippen molar-refractivity contribution in [3.8, 4) is 0 Å². The minimum Gasteiger partial charge on any atom is -0.326 e. The average Bonchev–Trinajstić information content (AvgIpc) is 2.26. The molecule has 1 atom stereocenters. The quantitative estimate of drug-likeness (QED) is 0.825. The van der Waals surface area contributed by atoms with E-state index in [1.54, 1.807) is 0 Å². The molecule has 1 heterocycles. The molecule has 1 aromatic rings. The lowest BCUT2D eigenvalue weighted by Crippen LogP contribution is -2.52. The summed E-state index contributed by atoms with van der Waals surface area (Å²) in [4.78, 5) is 2.46. The number of hydrogen-bond donors (Lipinski definition) is 1. The van der Waals surface area contributed by atoms with Gasteiger partial charge in [-0.25, -0.2) is 0 Å². The van der Waals surface area contributed by atoms with Crippen LogP contribution in [-0.4, -0.2) is 24.0 Å². The Kier molecular flexibility index (Phi) is 3.31. The predicted octanol–water partition coefficient (Wildman–Crippen LogP) is 2.25. The lowest BCUT2D eigenvalue weighted by molar-refractivity contribution is 0.101. The van der Waals surface area contributed by atoms with Crippen molar-refractivity contribution in [2.45, 2.75) is 32.9 Å². The Hall–Kier alpha value is -0.860. The minimum absolute atomic E-state index is 0.296. The van der Waals surface area contributed by atoms with Gasteiger partial charge in [-0.15, -0.1) is 0 Å². The van der Waals surface area contributed by atoms with Gasteiger partial charge in [0.25, 0.3) is 0 Å².